The molecule has 6 rings (SSSR count). The highest BCUT2D eigenvalue weighted by Gasteiger charge is 2.68. The zero-order valence-electron chi connectivity index (χ0n) is 21.9. The molecule has 0 radical (unpaired) electrons. The summed E-state index contributed by atoms with van der Waals surface area (Å²) in [5.41, 5.74) is 0.160. The van der Waals surface area contributed by atoms with Crippen molar-refractivity contribution >= 4 is 34.6 Å². The van der Waals surface area contributed by atoms with E-state index in [0.717, 1.165) is 18.4 Å². The Morgan fingerprint density at radius 1 is 0.976 bits per heavy atom. The molecule has 2 aromatic heterocycles. The number of hydrogen-bond donors (Lipinski definition) is 2. The average Bonchev–Trinajstić information content (AvgIpc) is 3.89. The van der Waals surface area contributed by atoms with Gasteiger partial charge >= 0.3 is 6.18 Å². The van der Waals surface area contributed by atoms with Crippen LogP contribution in [0.1, 0.15) is 42.6 Å². The van der Waals surface area contributed by atoms with Crippen LogP contribution in [0.15, 0.2) is 72.9 Å². The SMILES string of the molecule is O=C(NCc1nc2cccnc2n1C1(c2ccccc2)CC1)C(Cc1ccccc1Cl)NC(=O)C1(C(F)(F)F)CC1. The van der Waals surface area contributed by atoms with Crippen molar-refractivity contribution in [3.63, 3.8) is 0 Å². The highest BCUT2D eigenvalue weighted by molar-refractivity contribution is 6.31. The molecule has 41 heavy (non-hydrogen) atoms. The summed E-state index contributed by atoms with van der Waals surface area (Å²) in [6.45, 7) is -0.0108. The van der Waals surface area contributed by atoms with Crippen molar-refractivity contribution in [3.8, 4) is 0 Å². The Morgan fingerprint density at radius 3 is 2.34 bits per heavy atom. The van der Waals surface area contributed by atoms with Gasteiger partial charge in [-0.15, -0.1) is 0 Å². The highest BCUT2D eigenvalue weighted by atomic mass is 35.5. The quantitative estimate of drug-likeness (QED) is 0.280. The number of carbonyl (C=O) groups excluding carboxylic acids is 2. The Morgan fingerprint density at radius 2 is 1.68 bits per heavy atom. The first kappa shape index (κ1) is 27.3. The molecule has 2 aliphatic carbocycles. The zero-order valence-corrected chi connectivity index (χ0v) is 22.7. The minimum absolute atomic E-state index is 0.0108. The first-order valence-electron chi connectivity index (χ1n) is 13.4. The van der Waals surface area contributed by atoms with Crippen LogP contribution in [0.4, 0.5) is 13.2 Å². The summed E-state index contributed by atoms with van der Waals surface area (Å²) in [7, 11) is 0. The van der Waals surface area contributed by atoms with Gasteiger partial charge in [-0.3, -0.25) is 9.59 Å². The van der Waals surface area contributed by atoms with Gasteiger partial charge in [-0.05, 0) is 55.0 Å². The van der Waals surface area contributed by atoms with Gasteiger partial charge in [-0.1, -0.05) is 60.1 Å². The third kappa shape index (κ3) is 4.94. The number of imidazole rings is 1. The summed E-state index contributed by atoms with van der Waals surface area (Å²) in [5, 5.41) is 5.55. The van der Waals surface area contributed by atoms with E-state index >= 15 is 0 Å². The topological polar surface area (TPSA) is 88.9 Å². The minimum Gasteiger partial charge on any atom is -0.347 e. The molecular weight excluding hydrogens is 555 g/mol. The third-order valence-electron chi connectivity index (χ3n) is 8.10. The van der Waals surface area contributed by atoms with E-state index in [0.29, 0.717) is 27.6 Å². The van der Waals surface area contributed by atoms with Crippen LogP contribution < -0.4 is 10.6 Å². The molecule has 2 heterocycles. The van der Waals surface area contributed by atoms with Crippen molar-refractivity contribution in [3.05, 3.63) is 94.9 Å². The van der Waals surface area contributed by atoms with Crippen molar-refractivity contribution < 1.29 is 22.8 Å². The fourth-order valence-corrected chi connectivity index (χ4v) is 5.69. The lowest BCUT2D eigenvalue weighted by molar-refractivity contribution is -0.192. The van der Waals surface area contributed by atoms with E-state index in [1.165, 1.54) is 0 Å². The summed E-state index contributed by atoms with van der Waals surface area (Å²) in [4.78, 5) is 35.7. The number of pyridine rings is 1. The number of benzene rings is 2. The summed E-state index contributed by atoms with van der Waals surface area (Å²) < 4.78 is 43.0. The Kier molecular flexibility index (Phi) is 6.76. The second-order valence-electron chi connectivity index (χ2n) is 10.7. The molecule has 2 amide bonds. The van der Waals surface area contributed by atoms with Crippen LogP contribution in [0.5, 0.6) is 0 Å². The molecule has 1 atom stereocenters. The van der Waals surface area contributed by atoms with Crippen molar-refractivity contribution in [1.29, 1.82) is 0 Å². The van der Waals surface area contributed by atoms with E-state index < -0.39 is 29.4 Å². The van der Waals surface area contributed by atoms with Gasteiger partial charge in [0.25, 0.3) is 0 Å². The molecule has 0 bridgehead atoms. The number of hydrogen-bond acceptors (Lipinski definition) is 4. The minimum atomic E-state index is -4.70. The maximum Gasteiger partial charge on any atom is 0.403 e. The molecule has 1 unspecified atom stereocenters. The van der Waals surface area contributed by atoms with E-state index in [2.05, 4.69) is 15.6 Å². The first-order valence-corrected chi connectivity index (χ1v) is 13.8. The molecule has 2 N–H and O–H groups in total. The predicted molar refractivity (Wildman–Crippen MR) is 147 cm³/mol. The number of nitrogens with one attached hydrogen (secondary N) is 2. The lowest BCUT2D eigenvalue weighted by Gasteiger charge is -2.24. The Labute approximate surface area is 239 Å². The van der Waals surface area contributed by atoms with Crippen LogP contribution in [-0.4, -0.2) is 38.6 Å². The molecule has 0 saturated heterocycles. The van der Waals surface area contributed by atoms with Gasteiger partial charge in [0.2, 0.25) is 11.8 Å². The number of aromatic nitrogens is 3. The summed E-state index contributed by atoms with van der Waals surface area (Å²) >= 11 is 6.29. The third-order valence-corrected chi connectivity index (χ3v) is 8.47. The van der Waals surface area contributed by atoms with Gasteiger partial charge in [-0.25, -0.2) is 9.97 Å². The standard InChI is InChI=1S/C30H27ClF3N5O2/c31-21-10-5-4-7-19(21)17-23(38-27(41)28(12-13-28)30(32,33)34)26(40)36-18-24-37-22-11-6-16-35-25(22)39(24)29(14-15-29)20-8-2-1-3-9-20/h1-11,16,23H,12-15,17-18H2,(H,36,40)(H,38,41). The van der Waals surface area contributed by atoms with E-state index in [-0.39, 0.29) is 31.3 Å². The lowest BCUT2D eigenvalue weighted by Crippen LogP contribution is -2.52. The zero-order chi connectivity index (χ0) is 28.8. The number of rotatable bonds is 9. The summed E-state index contributed by atoms with van der Waals surface area (Å²) in [6.07, 6.45) is -1.96. The molecule has 2 fully saturated rings. The van der Waals surface area contributed by atoms with Crippen LogP contribution in [0.25, 0.3) is 11.2 Å². The Hall–Kier alpha value is -3.92. The molecule has 0 spiro atoms. The maximum atomic E-state index is 13.7. The van der Waals surface area contributed by atoms with Crippen molar-refractivity contribution in [2.75, 3.05) is 0 Å². The van der Waals surface area contributed by atoms with Crippen LogP contribution >= 0.6 is 11.6 Å². The molecule has 0 aliphatic heterocycles. The first-order chi connectivity index (χ1) is 19.6. The smallest absolute Gasteiger partial charge is 0.347 e. The van der Waals surface area contributed by atoms with Gasteiger partial charge in [0.1, 0.15) is 22.8 Å². The number of carbonyl (C=O) groups is 2. The van der Waals surface area contributed by atoms with E-state index in [1.54, 1.807) is 36.5 Å². The van der Waals surface area contributed by atoms with Crippen molar-refractivity contribution in [2.24, 2.45) is 5.41 Å². The molecule has 4 aromatic rings. The van der Waals surface area contributed by atoms with E-state index in [9.17, 15) is 22.8 Å². The molecule has 212 valence electrons. The Bertz CT molecular complexity index is 1610. The molecule has 2 saturated carbocycles. The molecule has 7 nitrogen and oxygen atoms in total. The predicted octanol–water partition coefficient (Wildman–Crippen LogP) is 5.31. The fourth-order valence-electron chi connectivity index (χ4n) is 5.48. The second-order valence-corrected chi connectivity index (χ2v) is 11.1. The number of alkyl halides is 3. The van der Waals surface area contributed by atoms with Gasteiger partial charge in [0.15, 0.2) is 5.65 Å². The van der Waals surface area contributed by atoms with E-state index in [4.69, 9.17) is 16.6 Å². The fraction of sp³-hybridized carbons (Fsp3) is 0.333. The maximum absolute atomic E-state index is 13.7. The summed E-state index contributed by atoms with van der Waals surface area (Å²) in [5.74, 6) is -1.27. The van der Waals surface area contributed by atoms with Crippen molar-refractivity contribution in [2.45, 2.75) is 56.4 Å². The Balaban J connectivity index is 1.28. The number of fused-ring (bicyclic) bond motifs is 1. The van der Waals surface area contributed by atoms with Crippen LogP contribution in [0, 0.1) is 5.41 Å². The lowest BCUT2D eigenvalue weighted by atomic mass is 10.0. The number of nitrogens with zero attached hydrogens (tertiary/aromatic N) is 3. The van der Waals surface area contributed by atoms with Crippen LogP contribution in [-0.2, 0) is 28.1 Å². The van der Waals surface area contributed by atoms with Gasteiger partial charge in [0.05, 0.1) is 12.1 Å². The number of amides is 2. The summed E-state index contributed by atoms with van der Waals surface area (Å²) in [6, 6.07) is 19.1. The monoisotopic (exact) mass is 581 g/mol. The second kappa shape index (κ2) is 10.2. The van der Waals surface area contributed by atoms with Gasteiger partial charge in [0, 0.05) is 17.6 Å². The average molecular weight is 582 g/mol. The molecular formula is C30H27ClF3N5O2. The van der Waals surface area contributed by atoms with Gasteiger partial charge in [-0.2, -0.15) is 13.2 Å². The molecule has 2 aliphatic rings. The molecule has 11 heteroatoms. The molecule has 2 aromatic carbocycles. The normalized spacial score (nSPS) is 17.6. The van der Waals surface area contributed by atoms with E-state index in [1.807, 2.05) is 41.0 Å². The highest BCUT2D eigenvalue weighted by Crippen LogP contribution is 2.57. The number of halogens is 4. The van der Waals surface area contributed by atoms with Gasteiger partial charge < -0.3 is 15.2 Å². The van der Waals surface area contributed by atoms with Crippen LogP contribution in [0.2, 0.25) is 5.02 Å². The largest absolute Gasteiger partial charge is 0.403 e. The van der Waals surface area contributed by atoms with Crippen LogP contribution in [0.3, 0.4) is 0 Å². The van der Waals surface area contributed by atoms with Crippen molar-refractivity contribution in [1.82, 2.24) is 25.2 Å².